The Bertz CT molecular complexity index is 537. The highest BCUT2D eigenvalue weighted by atomic mass is 19.3. The summed E-state index contributed by atoms with van der Waals surface area (Å²) in [4.78, 5) is 15.1. The predicted molar refractivity (Wildman–Crippen MR) is 64.4 cm³/mol. The molecule has 3 atom stereocenters. The van der Waals surface area contributed by atoms with Gasteiger partial charge in [-0.2, -0.15) is 13.8 Å². The molecule has 1 saturated heterocycles. The van der Waals surface area contributed by atoms with Crippen LogP contribution >= 0.6 is 0 Å². The molecule has 9 heteroatoms. The van der Waals surface area contributed by atoms with E-state index in [1.807, 2.05) is 0 Å². The van der Waals surface area contributed by atoms with Crippen LogP contribution in [0.4, 0.5) is 14.6 Å². The van der Waals surface area contributed by atoms with Crippen molar-refractivity contribution in [1.29, 1.82) is 0 Å². The standard InChI is InChI=1S/C11H15F2N3O4/c1-18-5-6-8(19-2)11(12,13)9(20-6)16-4-3-7(14)15-10(16)17/h3-4,6,8-9H,5H2,1-2H3,(H2,14,15,17)/t6-,8?,9-/m1/s1. The van der Waals surface area contributed by atoms with Crippen molar-refractivity contribution in [3.8, 4) is 0 Å². The molecule has 0 spiro atoms. The number of methoxy groups -OCH3 is 2. The normalized spacial score (nSPS) is 28.7. The molecule has 0 radical (unpaired) electrons. The maximum absolute atomic E-state index is 14.3. The van der Waals surface area contributed by atoms with E-state index in [0.29, 0.717) is 4.57 Å². The fourth-order valence-electron chi connectivity index (χ4n) is 2.17. The molecule has 1 aliphatic heterocycles. The van der Waals surface area contributed by atoms with Gasteiger partial charge in [-0.3, -0.25) is 4.57 Å². The molecule has 20 heavy (non-hydrogen) atoms. The van der Waals surface area contributed by atoms with E-state index < -0.39 is 30.0 Å². The quantitative estimate of drug-likeness (QED) is 0.841. The Labute approximate surface area is 113 Å². The van der Waals surface area contributed by atoms with Crippen molar-refractivity contribution in [1.82, 2.24) is 9.55 Å². The lowest BCUT2D eigenvalue weighted by Crippen LogP contribution is -2.43. The number of aromatic nitrogens is 2. The van der Waals surface area contributed by atoms with Gasteiger partial charge in [-0.25, -0.2) is 4.79 Å². The molecule has 0 aliphatic carbocycles. The van der Waals surface area contributed by atoms with Crippen LogP contribution in [-0.4, -0.2) is 48.5 Å². The van der Waals surface area contributed by atoms with Gasteiger partial charge >= 0.3 is 11.6 Å². The van der Waals surface area contributed by atoms with Crippen LogP contribution in [0.3, 0.4) is 0 Å². The summed E-state index contributed by atoms with van der Waals surface area (Å²) >= 11 is 0. The third-order valence-electron chi connectivity index (χ3n) is 3.04. The Hall–Kier alpha value is -1.58. The number of nitrogens with zero attached hydrogens (tertiary/aromatic N) is 2. The average Bonchev–Trinajstić information content (AvgIpc) is 2.61. The van der Waals surface area contributed by atoms with Gasteiger partial charge in [0, 0.05) is 20.4 Å². The lowest BCUT2D eigenvalue weighted by molar-refractivity contribution is -0.147. The summed E-state index contributed by atoms with van der Waals surface area (Å²) in [6, 6.07) is 1.24. The number of rotatable bonds is 4. The summed E-state index contributed by atoms with van der Waals surface area (Å²) < 4.78 is 44.1. The Morgan fingerprint density at radius 3 is 2.80 bits per heavy atom. The number of alkyl halides is 2. The molecular formula is C11H15F2N3O4. The highest BCUT2D eigenvalue weighted by molar-refractivity contribution is 5.23. The van der Waals surface area contributed by atoms with Crippen molar-refractivity contribution in [2.45, 2.75) is 24.4 Å². The topological polar surface area (TPSA) is 88.6 Å². The summed E-state index contributed by atoms with van der Waals surface area (Å²) in [5, 5.41) is 0. The minimum Gasteiger partial charge on any atom is -0.383 e. The van der Waals surface area contributed by atoms with Crippen LogP contribution < -0.4 is 11.4 Å². The average molecular weight is 291 g/mol. The molecule has 1 fully saturated rings. The highest BCUT2D eigenvalue weighted by Gasteiger charge is 2.60. The molecule has 0 saturated carbocycles. The molecule has 1 unspecified atom stereocenters. The molecular weight excluding hydrogens is 276 g/mol. The van der Waals surface area contributed by atoms with E-state index in [2.05, 4.69) is 4.98 Å². The summed E-state index contributed by atoms with van der Waals surface area (Å²) in [5.74, 6) is -3.45. The van der Waals surface area contributed by atoms with Gasteiger partial charge in [0.2, 0.25) is 6.23 Å². The van der Waals surface area contributed by atoms with Gasteiger partial charge in [-0.05, 0) is 6.07 Å². The zero-order valence-electron chi connectivity index (χ0n) is 11.0. The van der Waals surface area contributed by atoms with Gasteiger partial charge in [0.25, 0.3) is 0 Å². The maximum atomic E-state index is 14.3. The summed E-state index contributed by atoms with van der Waals surface area (Å²) in [6.45, 7) is -0.0816. The molecule has 7 nitrogen and oxygen atoms in total. The fraction of sp³-hybridized carbons (Fsp3) is 0.636. The number of hydrogen-bond donors (Lipinski definition) is 1. The number of nitrogen functional groups attached to an aromatic ring is 1. The second-order valence-electron chi connectivity index (χ2n) is 4.36. The predicted octanol–water partition coefficient (Wildman–Crippen LogP) is 0.0196. The number of halogens is 2. The van der Waals surface area contributed by atoms with Crippen LogP contribution in [0, 0.1) is 0 Å². The van der Waals surface area contributed by atoms with E-state index in [4.69, 9.17) is 19.9 Å². The second-order valence-corrected chi connectivity index (χ2v) is 4.36. The Morgan fingerprint density at radius 1 is 1.55 bits per heavy atom. The number of hydrogen-bond acceptors (Lipinski definition) is 6. The maximum Gasteiger partial charge on any atom is 0.351 e. The molecule has 0 aromatic carbocycles. The SMILES string of the molecule is COC[C@H]1O[C@@H](n2ccc(N)nc2=O)C(F)(F)C1OC. The van der Waals surface area contributed by atoms with E-state index in [0.717, 1.165) is 13.3 Å². The molecule has 2 heterocycles. The molecule has 2 N–H and O–H groups in total. The third-order valence-corrected chi connectivity index (χ3v) is 3.04. The molecule has 1 aliphatic rings. The van der Waals surface area contributed by atoms with Gasteiger partial charge in [0.05, 0.1) is 6.61 Å². The lowest BCUT2D eigenvalue weighted by Gasteiger charge is -2.22. The molecule has 112 valence electrons. The van der Waals surface area contributed by atoms with E-state index in [-0.39, 0.29) is 12.4 Å². The van der Waals surface area contributed by atoms with Crippen LogP contribution in [0.15, 0.2) is 17.1 Å². The van der Waals surface area contributed by atoms with Gasteiger partial charge in [-0.1, -0.05) is 0 Å². The number of anilines is 1. The molecule has 1 aromatic rings. The highest BCUT2D eigenvalue weighted by Crippen LogP contribution is 2.43. The Morgan fingerprint density at radius 2 is 2.25 bits per heavy atom. The number of nitrogens with two attached hydrogens (primary N) is 1. The van der Waals surface area contributed by atoms with E-state index >= 15 is 0 Å². The first kappa shape index (κ1) is 14.8. The fourth-order valence-corrected chi connectivity index (χ4v) is 2.17. The van der Waals surface area contributed by atoms with Crippen molar-refractivity contribution in [3.05, 3.63) is 22.7 Å². The Balaban J connectivity index is 2.38. The largest absolute Gasteiger partial charge is 0.383 e. The van der Waals surface area contributed by atoms with Crippen molar-refractivity contribution in [2.24, 2.45) is 0 Å². The van der Waals surface area contributed by atoms with E-state index in [1.165, 1.54) is 13.2 Å². The van der Waals surface area contributed by atoms with Crippen molar-refractivity contribution in [3.63, 3.8) is 0 Å². The third kappa shape index (κ3) is 2.39. The molecule has 0 amide bonds. The van der Waals surface area contributed by atoms with Crippen LogP contribution in [-0.2, 0) is 14.2 Å². The van der Waals surface area contributed by atoms with Crippen LogP contribution in [0.25, 0.3) is 0 Å². The summed E-state index contributed by atoms with van der Waals surface area (Å²) in [5.41, 5.74) is 4.41. The lowest BCUT2D eigenvalue weighted by atomic mass is 10.1. The van der Waals surface area contributed by atoms with Crippen molar-refractivity contribution >= 4 is 5.82 Å². The number of ether oxygens (including phenoxy) is 3. The minimum atomic E-state index is -3.40. The van der Waals surface area contributed by atoms with Gasteiger partial charge in [0.1, 0.15) is 11.9 Å². The zero-order valence-corrected chi connectivity index (χ0v) is 11.0. The zero-order chi connectivity index (χ0) is 14.9. The first-order chi connectivity index (χ1) is 9.41. The summed E-state index contributed by atoms with van der Waals surface area (Å²) in [7, 11) is 2.51. The molecule has 1 aromatic heterocycles. The van der Waals surface area contributed by atoms with Crippen LogP contribution in [0.1, 0.15) is 6.23 Å². The monoisotopic (exact) mass is 291 g/mol. The van der Waals surface area contributed by atoms with Crippen LogP contribution in [0.5, 0.6) is 0 Å². The van der Waals surface area contributed by atoms with E-state index in [9.17, 15) is 13.6 Å². The van der Waals surface area contributed by atoms with Crippen LogP contribution in [0.2, 0.25) is 0 Å². The van der Waals surface area contributed by atoms with E-state index in [1.54, 1.807) is 0 Å². The van der Waals surface area contributed by atoms with Crippen molar-refractivity contribution < 1.29 is 23.0 Å². The molecule has 0 bridgehead atoms. The van der Waals surface area contributed by atoms with Gasteiger partial charge in [0.15, 0.2) is 6.10 Å². The van der Waals surface area contributed by atoms with Gasteiger partial charge in [-0.15, -0.1) is 0 Å². The molecule has 2 rings (SSSR count). The van der Waals surface area contributed by atoms with Crippen molar-refractivity contribution in [2.75, 3.05) is 26.6 Å². The Kier molecular flexibility index (Phi) is 4.02. The van der Waals surface area contributed by atoms with Gasteiger partial charge < -0.3 is 19.9 Å². The first-order valence-corrected chi connectivity index (χ1v) is 5.81. The smallest absolute Gasteiger partial charge is 0.351 e. The first-order valence-electron chi connectivity index (χ1n) is 5.81. The minimum absolute atomic E-state index is 0.0516. The summed E-state index contributed by atoms with van der Waals surface area (Å²) in [6.07, 6.45) is -3.20. The second kappa shape index (κ2) is 5.43.